The molecule has 0 radical (unpaired) electrons. The van der Waals surface area contributed by atoms with Crippen LogP contribution in [0, 0.1) is 6.92 Å². The second-order valence-corrected chi connectivity index (χ2v) is 5.32. The number of carbonyl (C=O) groups excluding carboxylic acids is 1. The van der Waals surface area contributed by atoms with E-state index in [0.717, 1.165) is 4.47 Å². The number of hydrogen-bond acceptors (Lipinski definition) is 4. The monoisotopic (exact) mass is 346 g/mol. The molecular weight excluding hydrogens is 336 g/mol. The van der Waals surface area contributed by atoms with Gasteiger partial charge in [-0.15, -0.1) is 0 Å². The van der Waals surface area contributed by atoms with E-state index in [0.29, 0.717) is 28.5 Å². The first-order valence-corrected chi connectivity index (χ1v) is 7.01. The zero-order chi connectivity index (χ0) is 14.8. The van der Waals surface area contributed by atoms with Crippen LogP contribution in [0.2, 0.25) is 0 Å². The standard InChI is InChI=1S/C15H11BrN2O3/c1-9-13(14(18-21-9)12-6-3-7-20-12)15(19)17-11-5-2-4-10(16)8-11/h2-8H,1H3,(H,17,19). The van der Waals surface area contributed by atoms with Crippen molar-refractivity contribution in [2.45, 2.75) is 6.92 Å². The van der Waals surface area contributed by atoms with Gasteiger partial charge in [-0.25, -0.2) is 0 Å². The number of amides is 1. The van der Waals surface area contributed by atoms with E-state index < -0.39 is 0 Å². The molecular formula is C15H11BrN2O3. The molecule has 0 saturated carbocycles. The molecule has 0 spiro atoms. The fourth-order valence-electron chi connectivity index (χ4n) is 1.98. The Bertz CT molecular complexity index is 778. The summed E-state index contributed by atoms with van der Waals surface area (Å²) in [6.07, 6.45) is 1.52. The molecule has 6 heteroatoms. The van der Waals surface area contributed by atoms with Crippen molar-refractivity contribution in [2.24, 2.45) is 0 Å². The summed E-state index contributed by atoms with van der Waals surface area (Å²) in [4.78, 5) is 12.5. The minimum absolute atomic E-state index is 0.293. The number of furan rings is 1. The molecule has 0 saturated heterocycles. The molecule has 1 amide bonds. The Hall–Kier alpha value is -2.34. The highest BCUT2D eigenvalue weighted by molar-refractivity contribution is 9.10. The summed E-state index contributed by atoms with van der Waals surface area (Å²) in [7, 11) is 0. The van der Waals surface area contributed by atoms with Crippen LogP contribution in [-0.2, 0) is 0 Å². The van der Waals surface area contributed by atoms with E-state index >= 15 is 0 Å². The van der Waals surface area contributed by atoms with Crippen molar-refractivity contribution in [3.8, 4) is 11.5 Å². The lowest BCUT2D eigenvalue weighted by Gasteiger charge is -2.05. The predicted molar refractivity (Wildman–Crippen MR) is 81.0 cm³/mol. The zero-order valence-electron chi connectivity index (χ0n) is 11.1. The van der Waals surface area contributed by atoms with Gasteiger partial charge in [0, 0.05) is 10.2 Å². The van der Waals surface area contributed by atoms with Gasteiger partial charge in [-0.1, -0.05) is 27.2 Å². The van der Waals surface area contributed by atoms with E-state index in [2.05, 4.69) is 26.4 Å². The van der Waals surface area contributed by atoms with E-state index in [-0.39, 0.29) is 5.91 Å². The van der Waals surface area contributed by atoms with Gasteiger partial charge in [0.15, 0.2) is 11.5 Å². The van der Waals surface area contributed by atoms with Crippen molar-refractivity contribution >= 4 is 27.5 Å². The SMILES string of the molecule is Cc1onc(-c2ccco2)c1C(=O)Nc1cccc(Br)c1. The Morgan fingerprint density at radius 1 is 1.29 bits per heavy atom. The quantitative estimate of drug-likeness (QED) is 0.769. The summed E-state index contributed by atoms with van der Waals surface area (Å²) in [5.74, 6) is 0.637. The van der Waals surface area contributed by atoms with Gasteiger partial charge >= 0.3 is 0 Å². The smallest absolute Gasteiger partial charge is 0.261 e. The molecule has 5 nitrogen and oxygen atoms in total. The Morgan fingerprint density at radius 2 is 2.14 bits per heavy atom. The summed E-state index contributed by atoms with van der Waals surface area (Å²) in [6.45, 7) is 1.69. The number of rotatable bonds is 3. The summed E-state index contributed by atoms with van der Waals surface area (Å²) in [5.41, 5.74) is 1.44. The molecule has 3 aromatic rings. The summed E-state index contributed by atoms with van der Waals surface area (Å²) in [5, 5.41) is 6.72. The Kier molecular flexibility index (Phi) is 3.62. The Labute approximate surface area is 129 Å². The fraction of sp³-hybridized carbons (Fsp3) is 0.0667. The van der Waals surface area contributed by atoms with Crippen LogP contribution in [0.5, 0.6) is 0 Å². The van der Waals surface area contributed by atoms with Gasteiger partial charge in [-0.3, -0.25) is 4.79 Å². The maximum Gasteiger partial charge on any atom is 0.261 e. The van der Waals surface area contributed by atoms with Gasteiger partial charge in [0.25, 0.3) is 5.91 Å². The van der Waals surface area contributed by atoms with Gasteiger partial charge in [0.1, 0.15) is 11.3 Å². The first-order valence-electron chi connectivity index (χ1n) is 6.22. The van der Waals surface area contributed by atoms with E-state index in [1.165, 1.54) is 6.26 Å². The van der Waals surface area contributed by atoms with Crippen molar-refractivity contribution < 1.29 is 13.7 Å². The van der Waals surface area contributed by atoms with Crippen LogP contribution >= 0.6 is 15.9 Å². The largest absolute Gasteiger partial charge is 0.463 e. The minimum atomic E-state index is -0.293. The lowest BCUT2D eigenvalue weighted by Crippen LogP contribution is -2.13. The normalized spacial score (nSPS) is 10.6. The van der Waals surface area contributed by atoms with Gasteiger partial charge in [-0.2, -0.15) is 0 Å². The maximum atomic E-state index is 12.5. The third-order valence-corrected chi connectivity index (χ3v) is 3.42. The highest BCUT2D eigenvalue weighted by Gasteiger charge is 2.23. The molecule has 3 rings (SSSR count). The van der Waals surface area contributed by atoms with Crippen LogP contribution < -0.4 is 5.32 Å². The van der Waals surface area contributed by atoms with Crippen LogP contribution in [-0.4, -0.2) is 11.1 Å². The molecule has 1 N–H and O–H groups in total. The van der Waals surface area contributed by atoms with E-state index in [1.54, 1.807) is 25.1 Å². The second-order valence-electron chi connectivity index (χ2n) is 4.40. The summed E-state index contributed by atoms with van der Waals surface area (Å²) >= 11 is 3.36. The van der Waals surface area contributed by atoms with Crippen molar-refractivity contribution in [3.63, 3.8) is 0 Å². The molecule has 0 fully saturated rings. The molecule has 0 atom stereocenters. The average molecular weight is 347 g/mol. The predicted octanol–water partition coefficient (Wildman–Crippen LogP) is 4.26. The Morgan fingerprint density at radius 3 is 2.86 bits per heavy atom. The van der Waals surface area contributed by atoms with Gasteiger partial charge < -0.3 is 14.3 Å². The number of anilines is 1. The minimum Gasteiger partial charge on any atom is -0.463 e. The first kappa shape index (κ1) is 13.6. The molecule has 2 heterocycles. The second kappa shape index (κ2) is 5.57. The molecule has 0 bridgehead atoms. The Balaban J connectivity index is 1.93. The lowest BCUT2D eigenvalue weighted by atomic mass is 10.1. The average Bonchev–Trinajstić information content (AvgIpc) is 3.07. The number of halogens is 1. The lowest BCUT2D eigenvalue weighted by molar-refractivity contribution is 0.102. The highest BCUT2D eigenvalue weighted by atomic mass is 79.9. The van der Waals surface area contributed by atoms with Crippen LogP contribution in [0.4, 0.5) is 5.69 Å². The molecule has 2 aromatic heterocycles. The number of aromatic nitrogens is 1. The third kappa shape index (κ3) is 2.75. The maximum absolute atomic E-state index is 12.5. The van der Waals surface area contributed by atoms with Gasteiger partial charge in [-0.05, 0) is 37.3 Å². The number of nitrogens with zero attached hydrogens (tertiary/aromatic N) is 1. The van der Waals surface area contributed by atoms with Crippen molar-refractivity contribution in [1.29, 1.82) is 0 Å². The van der Waals surface area contributed by atoms with Gasteiger partial charge in [0.05, 0.1) is 6.26 Å². The number of nitrogens with one attached hydrogen (secondary N) is 1. The topological polar surface area (TPSA) is 68.3 Å². The fourth-order valence-corrected chi connectivity index (χ4v) is 2.38. The number of benzene rings is 1. The van der Waals surface area contributed by atoms with Crippen molar-refractivity contribution in [3.05, 3.63) is 58.5 Å². The van der Waals surface area contributed by atoms with E-state index in [9.17, 15) is 4.79 Å². The van der Waals surface area contributed by atoms with Crippen LogP contribution in [0.15, 0.2) is 56.1 Å². The molecule has 0 aliphatic carbocycles. The molecule has 0 aliphatic rings. The molecule has 21 heavy (non-hydrogen) atoms. The molecule has 0 unspecified atom stereocenters. The van der Waals surface area contributed by atoms with Crippen molar-refractivity contribution in [1.82, 2.24) is 5.16 Å². The van der Waals surface area contributed by atoms with E-state index in [4.69, 9.17) is 8.94 Å². The van der Waals surface area contributed by atoms with Gasteiger partial charge in [0.2, 0.25) is 0 Å². The number of aryl methyl sites for hydroxylation is 1. The van der Waals surface area contributed by atoms with Crippen LogP contribution in [0.1, 0.15) is 16.1 Å². The highest BCUT2D eigenvalue weighted by Crippen LogP contribution is 2.26. The number of hydrogen-bond donors (Lipinski definition) is 1. The summed E-state index contributed by atoms with van der Waals surface area (Å²) < 4.78 is 11.3. The van der Waals surface area contributed by atoms with Crippen molar-refractivity contribution in [2.75, 3.05) is 5.32 Å². The molecule has 1 aromatic carbocycles. The summed E-state index contributed by atoms with van der Waals surface area (Å²) in [6, 6.07) is 10.8. The molecule has 0 aliphatic heterocycles. The zero-order valence-corrected chi connectivity index (χ0v) is 12.7. The number of carbonyl (C=O) groups is 1. The third-order valence-electron chi connectivity index (χ3n) is 2.93. The van der Waals surface area contributed by atoms with Crippen LogP contribution in [0.25, 0.3) is 11.5 Å². The molecule has 106 valence electrons. The van der Waals surface area contributed by atoms with Crippen LogP contribution in [0.3, 0.4) is 0 Å². The first-order chi connectivity index (χ1) is 10.1. The van der Waals surface area contributed by atoms with E-state index in [1.807, 2.05) is 18.2 Å².